The van der Waals surface area contributed by atoms with Crippen molar-refractivity contribution in [3.05, 3.63) is 53.6 Å². The summed E-state index contributed by atoms with van der Waals surface area (Å²) < 4.78 is 0. The number of carboxylic acids is 1. The molecular weight excluding hydrogens is 364 g/mol. The third kappa shape index (κ3) is 3.83. The first kappa shape index (κ1) is 19.0. The molecule has 3 rings (SSSR count). The van der Waals surface area contributed by atoms with E-state index in [1.807, 2.05) is 13.0 Å². The van der Waals surface area contributed by atoms with E-state index >= 15 is 0 Å². The number of amides is 2. The van der Waals surface area contributed by atoms with Crippen molar-refractivity contribution < 1.29 is 19.5 Å². The van der Waals surface area contributed by atoms with E-state index in [4.69, 9.17) is 0 Å². The maximum atomic E-state index is 12.5. The molecule has 2 amide bonds. The Morgan fingerprint density at radius 1 is 1.15 bits per heavy atom. The average molecular weight is 384 g/mol. The zero-order valence-corrected chi connectivity index (χ0v) is 16.0. The van der Waals surface area contributed by atoms with E-state index in [9.17, 15) is 19.5 Å². The molecule has 1 heterocycles. The van der Waals surface area contributed by atoms with Crippen LogP contribution >= 0.6 is 11.8 Å². The first-order valence-corrected chi connectivity index (χ1v) is 9.33. The summed E-state index contributed by atoms with van der Waals surface area (Å²) in [6.07, 6.45) is 0. The molecule has 0 bridgehead atoms. The molecule has 6 nitrogen and oxygen atoms in total. The Kier molecular flexibility index (Phi) is 4.97. The number of thioether (sulfide) groups is 1. The lowest BCUT2D eigenvalue weighted by molar-refractivity contribution is -0.142. The Bertz CT molecular complexity index is 922. The van der Waals surface area contributed by atoms with Gasteiger partial charge in [-0.05, 0) is 56.7 Å². The number of carbonyl (C=O) groups excluding carboxylic acids is 2. The maximum absolute atomic E-state index is 12.5. The van der Waals surface area contributed by atoms with Crippen molar-refractivity contribution in [3.8, 4) is 0 Å². The van der Waals surface area contributed by atoms with Crippen molar-refractivity contribution in [1.29, 1.82) is 0 Å². The predicted molar refractivity (Wildman–Crippen MR) is 105 cm³/mol. The Morgan fingerprint density at radius 2 is 1.81 bits per heavy atom. The number of nitrogens with one attached hydrogen (secondary N) is 2. The van der Waals surface area contributed by atoms with Crippen LogP contribution in [0.5, 0.6) is 0 Å². The van der Waals surface area contributed by atoms with Crippen LogP contribution < -0.4 is 10.6 Å². The van der Waals surface area contributed by atoms with Gasteiger partial charge in [-0.25, -0.2) is 0 Å². The lowest BCUT2D eigenvalue weighted by Crippen LogP contribution is -2.28. The summed E-state index contributed by atoms with van der Waals surface area (Å²) in [5.74, 6) is -1.30. The Morgan fingerprint density at radius 3 is 2.44 bits per heavy atom. The second-order valence-corrected chi connectivity index (χ2v) is 8.30. The third-order valence-electron chi connectivity index (χ3n) is 4.57. The van der Waals surface area contributed by atoms with Crippen LogP contribution in [0.25, 0.3) is 0 Å². The number of hydrogen-bond acceptors (Lipinski definition) is 4. The fourth-order valence-electron chi connectivity index (χ4n) is 2.65. The molecule has 1 aliphatic heterocycles. The van der Waals surface area contributed by atoms with Crippen molar-refractivity contribution in [1.82, 2.24) is 0 Å². The van der Waals surface area contributed by atoms with Gasteiger partial charge in [0.2, 0.25) is 5.91 Å². The smallest absolute Gasteiger partial charge is 0.313 e. The largest absolute Gasteiger partial charge is 0.481 e. The quantitative estimate of drug-likeness (QED) is 0.746. The van der Waals surface area contributed by atoms with Gasteiger partial charge >= 0.3 is 5.97 Å². The molecule has 0 saturated carbocycles. The minimum absolute atomic E-state index is 0.0818. The monoisotopic (exact) mass is 384 g/mol. The summed E-state index contributed by atoms with van der Waals surface area (Å²) in [7, 11) is 0. The van der Waals surface area contributed by atoms with Crippen molar-refractivity contribution in [2.24, 2.45) is 0 Å². The molecule has 3 N–H and O–H groups in total. The molecule has 0 aliphatic carbocycles. The Balaban J connectivity index is 1.75. The number of anilines is 2. The summed E-state index contributed by atoms with van der Waals surface area (Å²) in [5.41, 5.74) is 1.27. The maximum Gasteiger partial charge on any atom is 0.313 e. The molecule has 0 fully saturated rings. The van der Waals surface area contributed by atoms with Crippen LogP contribution in [0.2, 0.25) is 0 Å². The summed E-state index contributed by atoms with van der Waals surface area (Å²) in [6.45, 7) is 5.09. The average Bonchev–Trinajstić information content (AvgIpc) is 2.62. The summed E-state index contributed by atoms with van der Waals surface area (Å²) in [6, 6.07) is 11.9. The number of hydrogen-bond donors (Lipinski definition) is 3. The summed E-state index contributed by atoms with van der Waals surface area (Å²) in [5, 5.41) is 14.7. The molecule has 0 aromatic heterocycles. The fourth-order valence-corrected chi connectivity index (χ4v) is 3.58. The highest BCUT2D eigenvalue weighted by Crippen LogP contribution is 2.36. The van der Waals surface area contributed by atoms with Crippen LogP contribution in [0.1, 0.15) is 36.7 Å². The minimum atomic E-state index is -1.01. The SMILES string of the molecule is CC1Sc2ccc(C(=O)Nc3ccc(C(C)(C)C(=O)O)cc3)cc2NC1=O. The van der Waals surface area contributed by atoms with E-state index in [0.717, 1.165) is 4.90 Å². The number of carboxylic acid groups (broad SMARTS) is 1. The highest BCUT2D eigenvalue weighted by Gasteiger charge is 2.29. The third-order valence-corrected chi connectivity index (χ3v) is 5.75. The molecular formula is C20H20N2O4S. The zero-order chi connectivity index (χ0) is 19.8. The van der Waals surface area contributed by atoms with E-state index in [1.165, 1.54) is 11.8 Å². The van der Waals surface area contributed by atoms with Crippen LogP contribution in [0.15, 0.2) is 47.4 Å². The summed E-state index contributed by atoms with van der Waals surface area (Å²) >= 11 is 1.46. The molecule has 0 saturated heterocycles. The first-order chi connectivity index (χ1) is 12.7. The molecule has 1 unspecified atom stereocenters. The lowest BCUT2D eigenvalue weighted by atomic mass is 9.85. The highest BCUT2D eigenvalue weighted by molar-refractivity contribution is 8.00. The second-order valence-electron chi connectivity index (χ2n) is 6.92. The van der Waals surface area contributed by atoms with Gasteiger partial charge in [0.15, 0.2) is 0 Å². The number of fused-ring (bicyclic) bond motifs is 1. The molecule has 1 aliphatic rings. The van der Waals surface area contributed by atoms with Crippen molar-refractivity contribution in [2.45, 2.75) is 36.3 Å². The Hall–Kier alpha value is -2.80. The number of rotatable bonds is 4. The number of aliphatic carboxylic acids is 1. The molecule has 2 aromatic rings. The number of benzene rings is 2. The van der Waals surface area contributed by atoms with Crippen molar-refractivity contribution >= 4 is 40.9 Å². The standard InChI is InChI=1S/C20H20N2O4S/c1-11-17(23)22-15-10-12(4-9-16(15)27-11)18(24)21-14-7-5-13(6-8-14)20(2,3)19(25)26/h4-11H,1-3H3,(H,21,24)(H,22,23)(H,25,26). The predicted octanol–water partition coefficient (Wildman–Crippen LogP) is 3.73. The summed E-state index contributed by atoms with van der Waals surface area (Å²) in [4.78, 5) is 36.6. The van der Waals surface area contributed by atoms with Gasteiger partial charge in [-0.2, -0.15) is 0 Å². The second kappa shape index (κ2) is 7.08. The van der Waals surface area contributed by atoms with Crippen LogP contribution in [0.4, 0.5) is 11.4 Å². The van der Waals surface area contributed by atoms with E-state index in [0.29, 0.717) is 22.5 Å². The van der Waals surface area contributed by atoms with Gasteiger partial charge in [-0.3, -0.25) is 14.4 Å². The van der Waals surface area contributed by atoms with Gasteiger partial charge in [0.1, 0.15) is 0 Å². The van der Waals surface area contributed by atoms with Gasteiger partial charge in [0.05, 0.1) is 16.4 Å². The molecule has 1 atom stereocenters. The molecule has 0 spiro atoms. The van der Waals surface area contributed by atoms with Crippen LogP contribution in [0.3, 0.4) is 0 Å². The molecule has 0 radical (unpaired) electrons. The molecule has 140 valence electrons. The van der Waals surface area contributed by atoms with Gasteiger partial charge < -0.3 is 15.7 Å². The molecule has 7 heteroatoms. The van der Waals surface area contributed by atoms with Gasteiger partial charge in [0.25, 0.3) is 5.91 Å². The van der Waals surface area contributed by atoms with E-state index in [2.05, 4.69) is 10.6 Å². The zero-order valence-electron chi connectivity index (χ0n) is 15.2. The van der Waals surface area contributed by atoms with Gasteiger partial charge in [-0.15, -0.1) is 11.8 Å². The Labute approximate surface area is 161 Å². The normalized spacial score (nSPS) is 16.3. The van der Waals surface area contributed by atoms with Crippen LogP contribution in [-0.2, 0) is 15.0 Å². The molecule has 2 aromatic carbocycles. The first-order valence-electron chi connectivity index (χ1n) is 8.45. The number of carbonyl (C=O) groups is 3. The van der Waals surface area contributed by atoms with E-state index < -0.39 is 11.4 Å². The highest BCUT2D eigenvalue weighted by atomic mass is 32.2. The minimum Gasteiger partial charge on any atom is -0.481 e. The van der Waals surface area contributed by atoms with E-state index in [-0.39, 0.29) is 17.1 Å². The van der Waals surface area contributed by atoms with Gasteiger partial charge in [0, 0.05) is 16.1 Å². The van der Waals surface area contributed by atoms with E-state index in [1.54, 1.807) is 50.2 Å². The topological polar surface area (TPSA) is 95.5 Å². The fraction of sp³-hybridized carbons (Fsp3) is 0.250. The van der Waals surface area contributed by atoms with Crippen LogP contribution in [-0.4, -0.2) is 28.1 Å². The van der Waals surface area contributed by atoms with Crippen molar-refractivity contribution in [3.63, 3.8) is 0 Å². The molecule has 27 heavy (non-hydrogen) atoms. The van der Waals surface area contributed by atoms with Crippen LogP contribution in [0, 0.1) is 0 Å². The van der Waals surface area contributed by atoms with Crippen molar-refractivity contribution in [2.75, 3.05) is 10.6 Å². The lowest BCUT2D eigenvalue weighted by Gasteiger charge is -2.22. The van der Waals surface area contributed by atoms with Gasteiger partial charge in [-0.1, -0.05) is 12.1 Å².